The summed E-state index contributed by atoms with van der Waals surface area (Å²) in [7, 11) is 1.48. The van der Waals surface area contributed by atoms with Crippen LogP contribution in [0, 0.1) is 0 Å². The molecule has 1 aromatic rings. The summed E-state index contributed by atoms with van der Waals surface area (Å²) in [4.78, 5) is 24.2. The predicted octanol–water partition coefficient (Wildman–Crippen LogP) is 1.86. The molecule has 1 N–H and O–H groups in total. The molecule has 0 saturated carbocycles. The van der Waals surface area contributed by atoms with Crippen molar-refractivity contribution in [2.75, 3.05) is 13.7 Å². The minimum Gasteiger partial charge on any atom is -0.494 e. The number of carbonyl (C=O) groups is 2. The summed E-state index contributed by atoms with van der Waals surface area (Å²) >= 11 is 0. The first-order valence-corrected chi connectivity index (χ1v) is 6.05. The molecule has 0 fully saturated rings. The van der Waals surface area contributed by atoms with Gasteiger partial charge in [-0.05, 0) is 31.5 Å². The summed E-state index contributed by atoms with van der Waals surface area (Å²) < 4.78 is 5.31. The molecule has 0 spiro atoms. The maximum absolute atomic E-state index is 11.6. The number of likely N-dealkylation sites (N-methyl/N-ethyl adjacent to an activating group) is 1. The van der Waals surface area contributed by atoms with Crippen LogP contribution >= 0.6 is 0 Å². The van der Waals surface area contributed by atoms with E-state index in [1.54, 1.807) is 24.3 Å². The Morgan fingerprint density at radius 3 is 2.21 bits per heavy atom. The van der Waals surface area contributed by atoms with Crippen molar-refractivity contribution in [3.8, 4) is 5.75 Å². The molecule has 104 valence electrons. The lowest BCUT2D eigenvalue weighted by Gasteiger charge is -2.34. The third-order valence-electron chi connectivity index (χ3n) is 3.29. The van der Waals surface area contributed by atoms with Gasteiger partial charge in [0.2, 0.25) is 5.91 Å². The lowest BCUT2D eigenvalue weighted by Crippen LogP contribution is -2.49. The first-order chi connectivity index (χ1) is 8.83. The SMILES string of the molecule is CCOc1ccc(C(C)(C(=O)O)N(C)C(C)=O)cc1. The Labute approximate surface area is 112 Å². The minimum absolute atomic E-state index is 0.307. The molecule has 0 aliphatic carbocycles. The molecule has 0 aliphatic heterocycles. The van der Waals surface area contributed by atoms with Crippen molar-refractivity contribution in [3.63, 3.8) is 0 Å². The Morgan fingerprint density at radius 1 is 1.32 bits per heavy atom. The van der Waals surface area contributed by atoms with Gasteiger partial charge in [0.15, 0.2) is 5.54 Å². The highest BCUT2D eigenvalue weighted by atomic mass is 16.5. The van der Waals surface area contributed by atoms with E-state index in [1.165, 1.54) is 25.8 Å². The highest BCUT2D eigenvalue weighted by Crippen LogP contribution is 2.29. The smallest absolute Gasteiger partial charge is 0.334 e. The van der Waals surface area contributed by atoms with Gasteiger partial charge in [0.25, 0.3) is 0 Å². The van der Waals surface area contributed by atoms with E-state index in [4.69, 9.17) is 4.74 Å². The fourth-order valence-corrected chi connectivity index (χ4v) is 1.82. The lowest BCUT2D eigenvalue weighted by atomic mass is 9.90. The fourth-order valence-electron chi connectivity index (χ4n) is 1.82. The number of nitrogens with zero attached hydrogens (tertiary/aromatic N) is 1. The molecule has 19 heavy (non-hydrogen) atoms. The van der Waals surface area contributed by atoms with Gasteiger partial charge in [-0.3, -0.25) is 4.79 Å². The van der Waals surface area contributed by atoms with Gasteiger partial charge >= 0.3 is 5.97 Å². The largest absolute Gasteiger partial charge is 0.494 e. The molecule has 0 saturated heterocycles. The second kappa shape index (κ2) is 5.73. The average Bonchev–Trinajstić information content (AvgIpc) is 2.37. The van der Waals surface area contributed by atoms with Crippen LogP contribution in [0.3, 0.4) is 0 Å². The minimum atomic E-state index is -1.39. The van der Waals surface area contributed by atoms with Crippen LogP contribution in [0.1, 0.15) is 26.3 Å². The topological polar surface area (TPSA) is 66.8 Å². The molecule has 0 aromatic heterocycles. The van der Waals surface area contributed by atoms with Crippen molar-refractivity contribution in [3.05, 3.63) is 29.8 Å². The third kappa shape index (κ3) is 2.86. The number of aliphatic carboxylic acids is 1. The first-order valence-electron chi connectivity index (χ1n) is 6.05. The number of ether oxygens (including phenoxy) is 1. The molecule has 0 heterocycles. The summed E-state index contributed by atoms with van der Waals surface area (Å²) in [6.07, 6.45) is 0. The Hall–Kier alpha value is -2.04. The molecule has 1 rings (SSSR count). The van der Waals surface area contributed by atoms with Gasteiger partial charge in [0.1, 0.15) is 5.75 Å². The molecular formula is C14H19NO4. The zero-order valence-corrected chi connectivity index (χ0v) is 11.6. The van der Waals surface area contributed by atoms with Crippen LogP contribution < -0.4 is 4.74 Å². The molecular weight excluding hydrogens is 246 g/mol. The van der Waals surface area contributed by atoms with Crippen molar-refractivity contribution < 1.29 is 19.4 Å². The Bertz CT molecular complexity index is 469. The van der Waals surface area contributed by atoms with Crippen LogP contribution in [-0.4, -0.2) is 35.5 Å². The van der Waals surface area contributed by atoms with Crippen LogP contribution in [0.5, 0.6) is 5.75 Å². The number of carboxylic acids is 1. The van der Waals surface area contributed by atoms with Crippen LogP contribution in [-0.2, 0) is 15.1 Å². The van der Waals surface area contributed by atoms with Gasteiger partial charge in [0.05, 0.1) is 6.61 Å². The van der Waals surface area contributed by atoms with Crippen LogP contribution in [0.2, 0.25) is 0 Å². The number of carbonyl (C=O) groups excluding carboxylic acids is 1. The molecule has 1 atom stereocenters. The molecule has 5 heteroatoms. The summed E-state index contributed by atoms with van der Waals surface area (Å²) in [5.74, 6) is -0.711. The van der Waals surface area contributed by atoms with E-state index in [9.17, 15) is 14.7 Å². The summed E-state index contributed by atoms with van der Waals surface area (Å²) in [6, 6.07) is 6.74. The number of rotatable bonds is 5. The number of amides is 1. The van der Waals surface area contributed by atoms with E-state index in [2.05, 4.69) is 0 Å². The van der Waals surface area contributed by atoms with Crippen molar-refractivity contribution >= 4 is 11.9 Å². The van der Waals surface area contributed by atoms with Crippen LogP contribution in [0.25, 0.3) is 0 Å². The van der Waals surface area contributed by atoms with E-state index in [1.807, 2.05) is 6.92 Å². The van der Waals surface area contributed by atoms with Crippen molar-refractivity contribution in [1.29, 1.82) is 0 Å². The highest BCUT2D eigenvalue weighted by Gasteiger charge is 2.40. The number of carboxylic acid groups (broad SMARTS) is 1. The average molecular weight is 265 g/mol. The molecule has 5 nitrogen and oxygen atoms in total. The van der Waals surface area contributed by atoms with E-state index in [-0.39, 0.29) is 5.91 Å². The molecule has 0 aliphatic rings. The molecule has 0 bridgehead atoms. The number of benzene rings is 1. The molecule has 1 aromatic carbocycles. The maximum atomic E-state index is 11.6. The molecule has 0 radical (unpaired) electrons. The Kier molecular flexibility index (Phi) is 4.53. The van der Waals surface area contributed by atoms with E-state index in [0.717, 1.165) is 0 Å². The molecule has 1 unspecified atom stereocenters. The van der Waals surface area contributed by atoms with Crippen LogP contribution in [0.15, 0.2) is 24.3 Å². The lowest BCUT2D eigenvalue weighted by molar-refractivity contribution is -0.156. The Morgan fingerprint density at radius 2 is 1.84 bits per heavy atom. The van der Waals surface area contributed by atoms with Gasteiger partial charge in [0, 0.05) is 14.0 Å². The quantitative estimate of drug-likeness (QED) is 0.882. The highest BCUT2D eigenvalue weighted by molar-refractivity contribution is 5.86. The van der Waals surface area contributed by atoms with Gasteiger partial charge in [-0.2, -0.15) is 0 Å². The van der Waals surface area contributed by atoms with Crippen molar-refractivity contribution in [2.24, 2.45) is 0 Å². The Balaban J connectivity index is 3.19. The van der Waals surface area contributed by atoms with Crippen molar-refractivity contribution in [2.45, 2.75) is 26.3 Å². The predicted molar refractivity (Wildman–Crippen MR) is 71.0 cm³/mol. The standard InChI is InChI=1S/C14H19NO4/c1-5-19-12-8-6-11(7-9-12)14(3,13(17)18)15(4)10(2)16/h6-9H,5H2,1-4H3,(H,17,18). The third-order valence-corrected chi connectivity index (χ3v) is 3.29. The summed E-state index contributed by atoms with van der Waals surface area (Å²) in [5, 5.41) is 9.45. The van der Waals surface area contributed by atoms with Crippen molar-refractivity contribution in [1.82, 2.24) is 4.90 Å². The van der Waals surface area contributed by atoms with E-state index in [0.29, 0.717) is 17.9 Å². The number of hydrogen-bond donors (Lipinski definition) is 1. The van der Waals surface area contributed by atoms with Gasteiger partial charge < -0.3 is 14.7 Å². The van der Waals surface area contributed by atoms with E-state index >= 15 is 0 Å². The zero-order chi connectivity index (χ0) is 14.6. The number of hydrogen-bond acceptors (Lipinski definition) is 3. The normalized spacial score (nSPS) is 13.5. The first kappa shape index (κ1) is 15.0. The molecule has 1 amide bonds. The van der Waals surface area contributed by atoms with Crippen LogP contribution in [0.4, 0.5) is 0 Å². The summed E-state index contributed by atoms with van der Waals surface area (Å²) in [5.41, 5.74) is -0.863. The monoisotopic (exact) mass is 265 g/mol. The van der Waals surface area contributed by atoms with E-state index < -0.39 is 11.5 Å². The van der Waals surface area contributed by atoms with Gasteiger partial charge in [-0.15, -0.1) is 0 Å². The summed E-state index contributed by atoms with van der Waals surface area (Å²) in [6.45, 7) is 5.27. The fraction of sp³-hybridized carbons (Fsp3) is 0.429. The van der Waals surface area contributed by atoms with Gasteiger partial charge in [-0.1, -0.05) is 12.1 Å². The second-order valence-electron chi connectivity index (χ2n) is 4.41. The second-order valence-corrected chi connectivity index (χ2v) is 4.41. The maximum Gasteiger partial charge on any atom is 0.334 e. The zero-order valence-electron chi connectivity index (χ0n) is 11.6. The van der Waals surface area contributed by atoms with Gasteiger partial charge in [-0.25, -0.2) is 4.79 Å².